The number of nitrogens with one attached hydrogen (secondary N) is 1. The molecule has 1 aromatic rings. The van der Waals surface area contributed by atoms with E-state index in [1.54, 1.807) is 18.2 Å². The van der Waals surface area contributed by atoms with Gasteiger partial charge in [-0.15, -0.1) is 11.8 Å². The first-order valence-corrected chi connectivity index (χ1v) is 6.72. The van der Waals surface area contributed by atoms with Gasteiger partial charge in [-0.1, -0.05) is 6.07 Å². The summed E-state index contributed by atoms with van der Waals surface area (Å²) in [7, 11) is 0. The van der Waals surface area contributed by atoms with Crippen LogP contribution in [0.25, 0.3) is 0 Å². The lowest BCUT2D eigenvalue weighted by Gasteiger charge is -2.21. The number of benzene rings is 1. The molecule has 0 saturated carbocycles. The van der Waals surface area contributed by atoms with Gasteiger partial charge in [0, 0.05) is 16.9 Å². The number of carboxylic acids is 1. The van der Waals surface area contributed by atoms with Crippen molar-refractivity contribution in [1.29, 1.82) is 0 Å². The lowest BCUT2D eigenvalue weighted by molar-refractivity contribution is -0.137. The van der Waals surface area contributed by atoms with E-state index >= 15 is 0 Å². The first-order valence-electron chi connectivity index (χ1n) is 5.84. The van der Waals surface area contributed by atoms with Crippen molar-refractivity contribution in [2.24, 2.45) is 0 Å². The minimum atomic E-state index is -0.996. The number of amides is 1. The Bertz CT molecular complexity index is 556. The van der Waals surface area contributed by atoms with E-state index in [2.05, 4.69) is 5.32 Å². The largest absolute Gasteiger partial charge is 0.481 e. The van der Waals surface area contributed by atoms with Gasteiger partial charge in [0.2, 0.25) is 5.91 Å². The van der Waals surface area contributed by atoms with E-state index in [1.807, 2.05) is 6.92 Å². The molecule has 2 rings (SSSR count). The minimum absolute atomic E-state index is 0.0361. The van der Waals surface area contributed by atoms with Crippen LogP contribution in [-0.4, -0.2) is 28.0 Å². The Labute approximate surface area is 114 Å². The molecule has 1 unspecified atom stereocenters. The van der Waals surface area contributed by atoms with Crippen molar-refractivity contribution in [3.63, 3.8) is 0 Å². The third-order valence-electron chi connectivity index (χ3n) is 2.80. The third-order valence-corrected chi connectivity index (χ3v) is 3.98. The Kier molecular flexibility index (Phi) is 3.90. The fourth-order valence-electron chi connectivity index (χ4n) is 1.75. The molecule has 0 aliphatic carbocycles. The van der Waals surface area contributed by atoms with Crippen molar-refractivity contribution in [2.75, 3.05) is 5.32 Å². The van der Waals surface area contributed by atoms with Crippen molar-refractivity contribution in [1.82, 2.24) is 0 Å². The van der Waals surface area contributed by atoms with Crippen LogP contribution in [0.5, 0.6) is 0 Å². The number of carbonyl (C=O) groups excluding carboxylic acids is 2. The molecular weight excluding hydrogens is 266 g/mol. The van der Waals surface area contributed by atoms with Crippen molar-refractivity contribution in [3.05, 3.63) is 23.8 Å². The van der Waals surface area contributed by atoms with Crippen molar-refractivity contribution >= 4 is 35.1 Å². The average molecular weight is 279 g/mol. The summed E-state index contributed by atoms with van der Waals surface area (Å²) in [6, 6.07) is 5.06. The molecule has 0 radical (unpaired) electrons. The molecule has 0 aromatic heterocycles. The van der Waals surface area contributed by atoms with Crippen LogP contribution >= 0.6 is 11.8 Å². The number of aliphatic carboxylic acids is 1. The molecule has 6 heteroatoms. The number of hydrogen-bond acceptors (Lipinski definition) is 4. The van der Waals surface area contributed by atoms with Crippen LogP contribution in [0, 0.1) is 0 Å². The fourth-order valence-corrected chi connectivity index (χ4v) is 2.68. The first-order chi connectivity index (χ1) is 8.97. The van der Waals surface area contributed by atoms with Gasteiger partial charge in [-0.25, -0.2) is 0 Å². The second-order valence-corrected chi connectivity index (χ2v) is 5.66. The van der Waals surface area contributed by atoms with Crippen molar-refractivity contribution in [2.45, 2.75) is 29.9 Å². The van der Waals surface area contributed by atoms with Crippen LogP contribution < -0.4 is 5.32 Å². The Balaban J connectivity index is 2.17. The Morgan fingerprint density at radius 3 is 2.79 bits per heavy atom. The summed E-state index contributed by atoms with van der Waals surface area (Å²) in [5.74, 6) is -1.32. The minimum Gasteiger partial charge on any atom is -0.481 e. The lowest BCUT2D eigenvalue weighted by atomic mass is 10.1. The number of carboxylic acid groups (broad SMARTS) is 1. The molecule has 1 atom stereocenters. The normalized spacial score (nSPS) is 17.5. The molecule has 0 bridgehead atoms. The van der Waals surface area contributed by atoms with Gasteiger partial charge in [0.15, 0.2) is 5.78 Å². The maximum atomic E-state index is 11.8. The van der Waals surface area contributed by atoms with Gasteiger partial charge in [0.05, 0.1) is 17.4 Å². The molecule has 1 amide bonds. The number of hydrogen-bond donors (Lipinski definition) is 2. The maximum Gasteiger partial charge on any atom is 0.303 e. The highest BCUT2D eigenvalue weighted by Gasteiger charge is 2.23. The molecule has 1 aliphatic heterocycles. The van der Waals surface area contributed by atoms with Crippen LogP contribution in [0.1, 0.15) is 30.1 Å². The number of carbonyl (C=O) groups is 3. The van der Waals surface area contributed by atoms with Crippen LogP contribution in [0.3, 0.4) is 0 Å². The van der Waals surface area contributed by atoms with E-state index in [-0.39, 0.29) is 29.8 Å². The van der Waals surface area contributed by atoms with Crippen LogP contribution in [0.4, 0.5) is 5.69 Å². The third kappa shape index (κ3) is 3.14. The van der Waals surface area contributed by atoms with Crippen molar-refractivity contribution in [3.8, 4) is 0 Å². The number of rotatable bonds is 4. The highest BCUT2D eigenvalue weighted by atomic mass is 32.2. The number of fused-ring (bicyclic) bond motifs is 1. The van der Waals surface area contributed by atoms with Crippen molar-refractivity contribution < 1.29 is 19.5 Å². The number of anilines is 1. The second kappa shape index (κ2) is 5.44. The van der Waals surface area contributed by atoms with E-state index in [0.29, 0.717) is 11.3 Å². The molecule has 100 valence electrons. The molecule has 1 aliphatic rings. The van der Waals surface area contributed by atoms with E-state index in [9.17, 15) is 14.4 Å². The molecule has 0 saturated heterocycles. The monoisotopic (exact) mass is 279 g/mol. The molecule has 19 heavy (non-hydrogen) atoms. The quantitative estimate of drug-likeness (QED) is 0.825. The molecule has 0 spiro atoms. The highest BCUT2D eigenvalue weighted by molar-refractivity contribution is 8.00. The highest BCUT2D eigenvalue weighted by Crippen LogP contribution is 2.36. The van der Waals surface area contributed by atoms with Crippen LogP contribution in [0.2, 0.25) is 0 Å². The molecule has 5 nitrogen and oxygen atoms in total. The topological polar surface area (TPSA) is 83.5 Å². The first kappa shape index (κ1) is 13.6. The zero-order valence-electron chi connectivity index (χ0n) is 10.3. The van der Waals surface area contributed by atoms with Gasteiger partial charge in [0.1, 0.15) is 0 Å². The van der Waals surface area contributed by atoms with Gasteiger partial charge in [-0.2, -0.15) is 0 Å². The van der Waals surface area contributed by atoms with Crippen LogP contribution in [0.15, 0.2) is 23.1 Å². The predicted molar refractivity (Wildman–Crippen MR) is 71.6 cm³/mol. The summed E-state index contributed by atoms with van der Waals surface area (Å²) in [4.78, 5) is 34.7. The Morgan fingerprint density at radius 1 is 1.37 bits per heavy atom. The SMILES string of the molecule is CC1Sc2ccc(C(=O)CCC(=O)O)cc2NC1=O. The van der Waals surface area contributed by atoms with Crippen LogP contribution in [-0.2, 0) is 9.59 Å². The van der Waals surface area contributed by atoms with E-state index < -0.39 is 5.97 Å². The molecule has 0 fully saturated rings. The van der Waals surface area contributed by atoms with Gasteiger partial charge < -0.3 is 10.4 Å². The summed E-state index contributed by atoms with van der Waals surface area (Å²) < 4.78 is 0. The van der Waals surface area contributed by atoms with E-state index in [4.69, 9.17) is 5.11 Å². The predicted octanol–water partition coefficient (Wildman–Crippen LogP) is 2.17. The Morgan fingerprint density at radius 2 is 2.11 bits per heavy atom. The Hall–Kier alpha value is -1.82. The number of Topliss-reactive ketones (excluding diaryl/α,β-unsaturated/α-hetero) is 1. The molecule has 1 aromatic carbocycles. The molecule has 1 heterocycles. The average Bonchev–Trinajstić information content (AvgIpc) is 2.36. The summed E-state index contributed by atoms with van der Waals surface area (Å²) >= 11 is 1.44. The van der Waals surface area contributed by atoms with Gasteiger partial charge in [-0.3, -0.25) is 14.4 Å². The second-order valence-electron chi connectivity index (χ2n) is 4.28. The number of thioether (sulfide) groups is 1. The summed E-state index contributed by atoms with van der Waals surface area (Å²) in [6.45, 7) is 1.81. The van der Waals surface area contributed by atoms with Gasteiger partial charge in [0.25, 0.3) is 0 Å². The standard InChI is InChI=1S/C13H13NO4S/c1-7-13(18)14-9-6-8(2-4-11(9)19-7)10(15)3-5-12(16)17/h2,4,6-7H,3,5H2,1H3,(H,14,18)(H,16,17). The summed E-state index contributed by atoms with van der Waals surface area (Å²) in [5, 5.41) is 11.1. The zero-order chi connectivity index (χ0) is 14.0. The zero-order valence-corrected chi connectivity index (χ0v) is 11.1. The van der Waals surface area contributed by atoms with E-state index in [1.165, 1.54) is 11.8 Å². The lowest BCUT2D eigenvalue weighted by Crippen LogP contribution is -2.26. The summed E-state index contributed by atoms with van der Waals surface area (Å²) in [6.07, 6.45) is -0.223. The summed E-state index contributed by atoms with van der Waals surface area (Å²) in [5.41, 5.74) is 1.05. The smallest absolute Gasteiger partial charge is 0.303 e. The van der Waals surface area contributed by atoms with Gasteiger partial charge in [-0.05, 0) is 19.1 Å². The maximum absolute atomic E-state index is 11.8. The molecule has 2 N–H and O–H groups in total. The number of ketones is 1. The fraction of sp³-hybridized carbons (Fsp3) is 0.308. The molecular formula is C13H13NO4S. The van der Waals surface area contributed by atoms with Gasteiger partial charge >= 0.3 is 5.97 Å². The van der Waals surface area contributed by atoms with E-state index in [0.717, 1.165) is 4.90 Å².